The molecular formula is C23H26N4O3. The van der Waals surface area contributed by atoms with Crippen molar-refractivity contribution in [2.24, 2.45) is 0 Å². The van der Waals surface area contributed by atoms with E-state index in [1.807, 2.05) is 48.5 Å². The predicted molar refractivity (Wildman–Crippen MR) is 119 cm³/mol. The lowest BCUT2D eigenvalue weighted by Gasteiger charge is -2.21. The van der Waals surface area contributed by atoms with Gasteiger partial charge < -0.3 is 15.0 Å². The van der Waals surface area contributed by atoms with E-state index in [0.717, 1.165) is 29.0 Å². The number of nitrogens with one attached hydrogen (secondary N) is 1. The van der Waals surface area contributed by atoms with Crippen molar-refractivity contribution >= 4 is 17.3 Å². The van der Waals surface area contributed by atoms with Gasteiger partial charge in [0.2, 0.25) is 5.91 Å². The molecule has 0 aliphatic carbocycles. The zero-order valence-electron chi connectivity index (χ0n) is 17.5. The first-order valence-corrected chi connectivity index (χ1v) is 9.91. The van der Waals surface area contributed by atoms with Gasteiger partial charge in [-0.15, -0.1) is 0 Å². The molecule has 0 fully saturated rings. The summed E-state index contributed by atoms with van der Waals surface area (Å²) in [6, 6.07) is 18.1. The molecule has 156 valence electrons. The van der Waals surface area contributed by atoms with Crippen LogP contribution in [0.3, 0.4) is 0 Å². The summed E-state index contributed by atoms with van der Waals surface area (Å²) in [6.45, 7) is 5.86. The predicted octanol–water partition coefficient (Wildman–Crippen LogP) is 3.40. The fraction of sp³-hybridized carbons (Fsp3) is 0.261. The molecule has 1 N–H and O–H groups in total. The van der Waals surface area contributed by atoms with Crippen molar-refractivity contribution < 1.29 is 9.53 Å². The minimum atomic E-state index is -0.339. The van der Waals surface area contributed by atoms with Gasteiger partial charge in [-0.1, -0.05) is 12.1 Å². The minimum Gasteiger partial charge on any atom is -0.497 e. The van der Waals surface area contributed by atoms with Crippen molar-refractivity contribution in [3.63, 3.8) is 0 Å². The Morgan fingerprint density at radius 1 is 1.07 bits per heavy atom. The molecule has 0 saturated heterocycles. The van der Waals surface area contributed by atoms with Crippen LogP contribution in [0.4, 0.5) is 11.4 Å². The van der Waals surface area contributed by atoms with Gasteiger partial charge in [-0.05, 0) is 56.3 Å². The molecule has 1 aromatic heterocycles. The maximum atomic E-state index is 12.5. The molecule has 0 atom stereocenters. The van der Waals surface area contributed by atoms with Crippen LogP contribution in [-0.4, -0.2) is 35.9 Å². The van der Waals surface area contributed by atoms with Crippen molar-refractivity contribution in [2.45, 2.75) is 20.4 Å². The van der Waals surface area contributed by atoms with Crippen LogP contribution in [0.5, 0.6) is 5.75 Å². The molecule has 0 radical (unpaired) electrons. The lowest BCUT2D eigenvalue weighted by Crippen LogP contribution is -2.29. The van der Waals surface area contributed by atoms with Crippen LogP contribution in [0.15, 0.2) is 65.5 Å². The van der Waals surface area contributed by atoms with Crippen LogP contribution in [-0.2, 0) is 11.3 Å². The monoisotopic (exact) mass is 406 g/mol. The average molecular weight is 406 g/mol. The number of rotatable bonds is 8. The fourth-order valence-electron chi connectivity index (χ4n) is 3.18. The molecule has 0 aliphatic rings. The highest BCUT2D eigenvalue weighted by Crippen LogP contribution is 2.21. The van der Waals surface area contributed by atoms with E-state index in [1.54, 1.807) is 13.2 Å². The van der Waals surface area contributed by atoms with Gasteiger partial charge in [0, 0.05) is 36.1 Å². The van der Waals surface area contributed by atoms with E-state index >= 15 is 0 Å². The number of nitrogens with zero attached hydrogens (tertiary/aromatic N) is 3. The average Bonchev–Trinajstić information content (AvgIpc) is 2.77. The summed E-state index contributed by atoms with van der Waals surface area (Å²) in [5.41, 5.74) is 2.82. The van der Waals surface area contributed by atoms with Crippen LogP contribution in [0, 0.1) is 0 Å². The van der Waals surface area contributed by atoms with Crippen molar-refractivity contribution in [2.75, 3.05) is 30.4 Å². The van der Waals surface area contributed by atoms with E-state index < -0.39 is 0 Å². The lowest BCUT2D eigenvalue weighted by atomic mass is 10.1. The summed E-state index contributed by atoms with van der Waals surface area (Å²) in [7, 11) is 1.59. The molecule has 0 spiro atoms. The first-order valence-electron chi connectivity index (χ1n) is 9.91. The summed E-state index contributed by atoms with van der Waals surface area (Å²) in [6.07, 6.45) is 0. The molecule has 0 unspecified atom stereocenters. The van der Waals surface area contributed by atoms with Crippen LogP contribution in [0.25, 0.3) is 11.3 Å². The van der Waals surface area contributed by atoms with E-state index in [1.165, 1.54) is 6.07 Å². The SMILES string of the molecule is CCN(CC)c1ccc(NC(=O)Cn2nc(-c3cccc(OC)c3)ccc2=O)cc1. The molecule has 0 saturated carbocycles. The largest absolute Gasteiger partial charge is 0.497 e. The maximum absolute atomic E-state index is 12.5. The Labute approximate surface area is 175 Å². The first-order chi connectivity index (χ1) is 14.5. The number of methoxy groups -OCH3 is 1. The van der Waals surface area contributed by atoms with Gasteiger partial charge in [0.05, 0.1) is 12.8 Å². The molecular weight excluding hydrogens is 380 g/mol. The Balaban J connectivity index is 1.72. The van der Waals surface area contributed by atoms with Gasteiger partial charge in [-0.2, -0.15) is 5.10 Å². The number of hydrogen-bond acceptors (Lipinski definition) is 5. The van der Waals surface area contributed by atoms with Gasteiger partial charge in [-0.3, -0.25) is 9.59 Å². The molecule has 0 aliphatic heterocycles. The molecule has 1 amide bonds. The topological polar surface area (TPSA) is 76.5 Å². The number of aromatic nitrogens is 2. The second-order valence-electron chi connectivity index (χ2n) is 6.71. The third kappa shape index (κ3) is 5.05. The fourth-order valence-corrected chi connectivity index (χ4v) is 3.18. The van der Waals surface area contributed by atoms with Crippen molar-refractivity contribution in [3.8, 4) is 17.0 Å². The normalized spacial score (nSPS) is 10.5. The second-order valence-corrected chi connectivity index (χ2v) is 6.71. The third-order valence-corrected chi connectivity index (χ3v) is 4.81. The van der Waals surface area contributed by atoms with Gasteiger partial charge >= 0.3 is 0 Å². The Morgan fingerprint density at radius 3 is 2.47 bits per heavy atom. The van der Waals surface area contributed by atoms with E-state index in [0.29, 0.717) is 17.1 Å². The quantitative estimate of drug-likeness (QED) is 0.620. The molecule has 30 heavy (non-hydrogen) atoms. The highest BCUT2D eigenvalue weighted by atomic mass is 16.5. The van der Waals surface area contributed by atoms with Crippen molar-refractivity contribution in [3.05, 3.63) is 71.0 Å². The lowest BCUT2D eigenvalue weighted by molar-refractivity contribution is -0.117. The summed E-state index contributed by atoms with van der Waals surface area (Å²) in [5.74, 6) is 0.376. The zero-order valence-corrected chi connectivity index (χ0v) is 17.5. The summed E-state index contributed by atoms with van der Waals surface area (Å²) in [5, 5.41) is 7.16. The number of anilines is 2. The molecule has 7 nitrogen and oxygen atoms in total. The van der Waals surface area contributed by atoms with E-state index in [4.69, 9.17) is 4.74 Å². The Kier molecular flexibility index (Phi) is 6.85. The maximum Gasteiger partial charge on any atom is 0.267 e. The number of ether oxygens (including phenoxy) is 1. The number of benzene rings is 2. The van der Waals surface area contributed by atoms with E-state index in [-0.39, 0.29) is 18.0 Å². The molecule has 1 heterocycles. The van der Waals surface area contributed by atoms with Crippen LogP contribution in [0.1, 0.15) is 13.8 Å². The number of carbonyl (C=O) groups is 1. The standard InChI is InChI=1S/C23H26N4O3/c1-4-26(5-2)19-11-9-18(10-12-19)24-22(28)16-27-23(29)14-13-21(25-27)17-7-6-8-20(15-17)30-3/h6-15H,4-5,16H2,1-3H3,(H,24,28). The van der Waals surface area contributed by atoms with Crippen LogP contribution in [0.2, 0.25) is 0 Å². The Bertz CT molecular complexity index is 1060. The summed E-state index contributed by atoms with van der Waals surface area (Å²) >= 11 is 0. The number of carbonyl (C=O) groups excluding carboxylic acids is 1. The highest BCUT2D eigenvalue weighted by molar-refractivity contribution is 5.90. The third-order valence-electron chi connectivity index (χ3n) is 4.81. The van der Waals surface area contributed by atoms with Crippen LogP contribution >= 0.6 is 0 Å². The van der Waals surface area contributed by atoms with Gasteiger partial charge in [0.1, 0.15) is 12.3 Å². The van der Waals surface area contributed by atoms with E-state index in [9.17, 15) is 9.59 Å². The number of hydrogen-bond donors (Lipinski definition) is 1. The van der Waals surface area contributed by atoms with Crippen LogP contribution < -0.4 is 20.5 Å². The number of amides is 1. The Hall–Kier alpha value is -3.61. The summed E-state index contributed by atoms with van der Waals surface area (Å²) < 4.78 is 6.40. The Morgan fingerprint density at radius 2 is 1.80 bits per heavy atom. The van der Waals surface area contributed by atoms with Crippen molar-refractivity contribution in [1.82, 2.24) is 9.78 Å². The molecule has 2 aromatic carbocycles. The molecule has 3 rings (SSSR count). The van der Waals surface area contributed by atoms with Gasteiger partial charge in [0.25, 0.3) is 5.56 Å². The molecule has 3 aromatic rings. The minimum absolute atomic E-state index is 0.172. The smallest absolute Gasteiger partial charge is 0.267 e. The van der Waals surface area contributed by atoms with E-state index in [2.05, 4.69) is 29.2 Å². The second kappa shape index (κ2) is 9.73. The summed E-state index contributed by atoms with van der Waals surface area (Å²) in [4.78, 5) is 26.9. The highest BCUT2D eigenvalue weighted by Gasteiger charge is 2.10. The van der Waals surface area contributed by atoms with Gasteiger partial charge in [0.15, 0.2) is 0 Å². The molecule has 0 bridgehead atoms. The van der Waals surface area contributed by atoms with Crippen molar-refractivity contribution in [1.29, 1.82) is 0 Å². The zero-order chi connectivity index (χ0) is 21.5. The molecule has 7 heteroatoms. The first kappa shape index (κ1) is 21.1. The van der Waals surface area contributed by atoms with Gasteiger partial charge in [-0.25, -0.2) is 4.68 Å².